The molecule has 3 aliphatic heterocycles. The van der Waals surface area contributed by atoms with Crippen molar-refractivity contribution < 1.29 is 14.7 Å². The summed E-state index contributed by atoms with van der Waals surface area (Å²) in [5, 5.41) is 18.0. The fourth-order valence-corrected chi connectivity index (χ4v) is 9.55. The number of aromatic nitrogens is 3. The van der Waals surface area contributed by atoms with Crippen molar-refractivity contribution in [1.82, 2.24) is 29.7 Å². The van der Waals surface area contributed by atoms with Crippen LogP contribution >= 0.6 is 0 Å². The SMILES string of the molecule is CC(=O)N1CCC2(CC1)C(=O)N(C1CC(N3CCCCC3)C1)c1cc(-c3cc4ncn(C(C)C)c4c(Nc4ccc(C)c(C(O)NC5CC5)c4)n3)ccc12. The van der Waals surface area contributed by atoms with Crippen LogP contribution < -0.4 is 15.5 Å². The number of anilines is 3. The summed E-state index contributed by atoms with van der Waals surface area (Å²) in [5.41, 5.74) is 7.67. The van der Waals surface area contributed by atoms with Gasteiger partial charge in [0.15, 0.2) is 5.82 Å². The fourth-order valence-electron chi connectivity index (χ4n) is 9.55. The van der Waals surface area contributed by atoms with E-state index in [1.54, 1.807) is 6.92 Å². The summed E-state index contributed by atoms with van der Waals surface area (Å²) in [4.78, 5) is 43.9. The number of nitrogens with zero attached hydrogens (tertiary/aromatic N) is 6. The molecule has 0 bridgehead atoms. The van der Waals surface area contributed by atoms with Gasteiger partial charge in [0.2, 0.25) is 11.8 Å². The van der Waals surface area contributed by atoms with E-state index in [9.17, 15) is 14.7 Å². The lowest BCUT2D eigenvalue weighted by Gasteiger charge is -2.48. The van der Waals surface area contributed by atoms with Crippen molar-refractivity contribution in [2.45, 2.75) is 121 Å². The molecule has 2 aromatic heterocycles. The van der Waals surface area contributed by atoms with Crippen molar-refractivity contribution in [3.63, 3.8) is 0 Å². The van der Waals surface area contributed by atoms with Gasteiger partial charge >= 0.3 is 0 Å². The molecule has 11 heteroatoms. The van der Waals surface area contributed by atoms with Crippen LogP contribution in [0.25, 0.3) is 22.3 Å². The molecule has 11 nitrogen and oxygen atoms in total. The summed E-state index contributed by atoms with van der Waals surface area (Å²) < 4.78 is 2.14. The van der Waals surface area contributed by atoms with Crippen molar-refractivity contribution in [3.8, 4) is 11.3 Å². The van der Waals surface area contributed by atoms with E-state index in [0.717, 1.165) is 89.1 Å². The van der Waals surface area contributed by atoms with Crippen LogP contribution in [-0.2, 0) is 15.0 Å². The average Bonchev–Trinajstić information content (AvgIpc) is 3.81. The standard InChI is InChI=1S/C43H54N8O3/c1-26(2)50-25-44-37-24-36(47-40(39(37)50)45-31-10-8-27(3)34(21-31)41(53)46-30-11-12-30)29-9-13-35-38(20-29)51(33-22-32(23-33)49-16-6-5-7-17-49)42(54)43(35)14-18-48(19-15-43)28(4)52/h8-10,13,20-21,24-26,30,32-33,41,46,53H,5-7,11-12,14-19,22-23H2,1-4H3,(H,45,47). The zero-order chi connectivity index (χ0) is 37.3. The van der Waals surface area contributed by atoms with Crippen molar-refractivity contribution in [2.24, 2.45) is 0 Å². The lowest BCUT2D eigenvalue weighted by atomic mass is 9.73. The second-order valence-electron chi connectivity index (χ2n) is 16.9. The van der Waals surface area contributed by atoms with Crippen LogP contribution in [0.3, 0.4) is 0 Å². The molecule has 1 atom stereocenters. The number of amides is 2. The van der Waals surface area contributed by atoms with Gasteiger partial charge in [0.05, 0.1) is 23.0 Å². The molecule has 1 spiro atoms. The van der Waals surface area contributed by atoms with Crippen LogP contribution in [-0.4, -0.2) is 85.6 Å². The molecule has 2 aliphatic carbocycles. The molecular formula is C43H54N8O3. The lowest BCUT2D eigenvalue weighted by molar-refractivity contribution is -0.134. The summed E-state index contributed by atoms with van der Waals surface area (Å²) in [6.45, 7) is 11.4. The van der Waals surface area contributed by atoms with Gasteiger partial charge in [-0.3, -0.25) is 14.9 Å². The van der Waals surface area contributed by atoms with Gasteiger partial charge in [0, 0.05) is 66.7 Å². The van der Waals surface area contributed by atoms with E-state index in [1.807, 2.05) is 36.4 Å². The van der Waals surface area contributed by atoms with Crippen LogP contribution in [0.15, 0.2) is 48.8 Å². The largest absolute Gasteiger partial charge is 0.374 e. The Morgan fingerprint density at radius 1 is 0.963 bits per heavy atom. The topological polar surface area (TPSA) is 119 Å². The Bertz CT molecular complexity index is 2090. The predicted octanol–water partition coefficient (Wildman–Crippen LogP) is 6.72. The van der Waals surface area contributed by atoms with Crippen LogP contribution in [0, 0.1) is 6.92 Å². The van der Waals surface area contributed by atoms with E-state index in [1.165, 1.54) is 19.3 Å². The Hall–Kier alpha value is -4.32. The van der Waals surface area contributed by atoms with Crippen LogP contribution in [0.2, 0.25) is 0 Å². The monoisotopic (exact) mass is 730 g/mol. The number of pyridine rings is 1. The number of hydrogen-bond donors (Lipinski definition) is 3. The highest BCUT2D eigenvalue weighted by Gasteiger charge is 2.55. The molecule has 5 aliphatic rings. The van der Waals surface area contributed by atoms with Gasteiger partial charge in [-0.1, -0.05) is 24.6 Å². The molecule has 5 heterocycles. The Kier molecular flexibility index (Phi) is 9.02. The number of carbonyl (C=O) groups excluding carboxylic acids is 2. The molecule has 2 saturated heterocycles. The maximum absolute atomic E-state index is 14.8. The number of aliphatic hydroxyl groups excluding tert-OH is 1. The predicted molar refractivity (Wildman–Crippen MR) is 212 cm³/mol. The lowest BCUT2D eigenvalue weighted by Crippen LogP contribution is -2.58. The Labute approximate surface area is 318 Å². The molecule has 4 aromatic rings. The van der Waals surface area contributed by atoms with E-state index < -0.39 is 11.6 Å². The number of aryl methyl sites for hydroxylation is 1. The third-order valence-electron chi connectivity index (χ3n) is 13.0. The van der Waals surface area contributed by atoms with E-state index in [0.29, 0.717) is 43.8 Å². The van der Waals surface area contributed by atoms with Crippen LogP contribution in [0.4, 0.5) is 17.2 Å². The zero-order valence-corrected chi connectivity index (χ0v) is 32.1. The smallest absolute Gasteiger partial charge is 0.238 e. The number of likely N-dealkylation sites (tertiary alicyclic amines) is 2. The number of nitrogens with one attached hydrogen (secondary N) is 2. The van der Waals surface area contributed by atoms with Gasteiger partial charge in [-0.05, 0) is 121 Å². The molecule has 1 unspecified atom stereocenters. The first-order valence-electron chi connectivity index (χ1n) is 20.3. The molecule has 9 rings (SSSR count). The number of rotatable bonds is 9. The van der Waals surface area contributed by atoms with Crippen LogP contribution in [0.1, 0.15) is 108 Å². The van der Waals surface area contributed by atoms with Gasteiger partial charge in [0.1, 0.15) is 11.7 Å². The molecule has 2 amide bonds. The van der Waals surface area contributed by atoms with Crippen molar-refractivity contribution in [3.05, 3.63) is 65.5 Å². The minimum atomic E-state index is -0.736. The number of aliphatic hydroxyl groups is 1. The van der Waals surface area contributed by atoms with E-state index >= 15 is 0 Å². The minimum Gasteiger partial charge on any atom is -0.374 e. The number of benzene rings is 2. The molecule has 54 heavy (non-hydrogen) atoms. The fraction of sp³-hybridized carbons (Fsp3) is 0.535. The number of carbonyl (C=O) groups is 2. The normalized spacial score (nSPS) is 23.3. The summed E-state index contributed by atoms with van der Waals surface area (Å²) in [5.74, 6) is 0.970. The summed E-state index contributed by atoms with van der Waals surface area (Å²) >= 11 is 0. The quantitative estimate of drug-likeness (QED) is 0.163. The Morgan fingerprint density at radius 2 is 1.72 bits per heavy atom. The second-order valence-corrected chi connectivity index (χ2v) is 16.9. The van der Waals surface area contributed by atoms with E-state index in [-0.39, 0.29) is 23.9 Å². The molecule has 2 aromatic carbocycles. The maximum Gasteiger partial charge on any atom is 0.238 e. The highest BCUT2D eigenvalue weighted by Crippen LogP contribution is 2.52. The molecule has 0 radical (unpaired) electrons. The highest BCUT2D eigenvalue weighted by atomic mass is 16.3. The zero-order valence-electron chi connectivity index (χ0n) is 32.1. The molecule has 284 valence electrons. The maximum atomic E-state index is 14.8. The van der Waals surface area contributed by atoms with Gasteiger partial charge < -0.3 is 29.7 Å². The Morgan fingerprint density at radius 3 is 2.43 bits per heavy atom. The van der Waals surface area contributed by atoms with Crippen molar-refractivity contribution in [2.75, 3.05) is 36.4 Å². The summed E-state index contributed by atoms with van der Waals surface area (Å²) in [7, 11) is 0. The molecule has 3 N–H and O–H groups in total. The molecule has 2 saturated carbocycles. The number of hydrogen-bond acceptors (Lipinski definition) is 8. The Balaban J connectivity index is 1.09. The van der Waals surface area contributed by atoms with Crippen molar-refractivity contribution >= 4 is 40.0 Å². The van der Waals surface area contributed by atoms with E-state index in [4.69, 9.17) is 9.97 Å². The molecular weight excluding hydrogens is 677 g/mol. The van der Waals surface area contributed by atoms with E-state index in [2.05, 4.69) is 63.1 Å². The molecule has 4 fully saturated rings. The number of piperidine rings is 2. The van der Waals surface area contributed by atoms with Gasteiger partial charge in [-0.15, -0.1) is 0 Å². The van der Waals surface area contributed by atoms with Gasteiger partial charge in [-0.25, -0.2) is 9.97 Å². The first kappa shape index (κ1) is 35.4. The minimum absolute atomic E-state index is 0.0739. The third-order valence-corrected chi connectivity index (χ3v) is 13.0. The highest BCUT2D eigenvalue weighted by molar-refractivity contribution is 6.09. The van der Waals surface area contributed by atoms with Crippen LogP contribution in [0.5, 0.6) is 0 Å². The summed E-state index contributed by atoms with van der Waals surface area (Å²) in [6.07, 6.45) is 10.5. The number of imidazole rings is 1. The van der Waals surface area contributed by atoms with Crippen molar-refractivity contribution in [1.29, 1.82) is 0 Å². The second kappa shape index (κ2) is 13.8. The van der Waals surface area contributed by atoms with Gasteiger partial charge in [-0.2, -0.15) is 0 Å². The van der Waals surface area contributed by atoms with Gasteiger partial charge in [0.25, 0.3) is 0 Å². The average molecular weight is 731 g/mol. The third kappa shape index (κ3) is 6.18. The first-order chi connectivity index (χ1) is 26.1. The number of fused-ring (bicyclic) bond motifs is 3. The summed E-state index contributed by atoms with van der Waals surface area (Å²) in [6, 6.07) is 15.9. The first-order valence-corrected chi connectivity index (χ1v) is 20.3.